The molecule has 0 aromatic carbocycles. The number of ether oxygens (including phenoxy) is 1. The summed E-state index contributed by atoms with van der Waals surface area (Å²) in [5, 5.41) is 2.99. The fraction of sp³-hybridized carbons (Fsp3) is 0.800. The highest BCUT2D eigenvalue weighted by Gasteiger charge is 2.24. The van der Waals surface area contributed by atoms with Crippen molar-refractivity contribution in [1.82, 2.24) is 10.2 Å². The summed E-state index contributed by atoms with van der Waals surface area (Å²) in [5.74, 6) is 1.11. The third-order valence-electron chi connectivity index (χ3n) is 3.47. The van der Waals surface area contributed by atoms with E-state index in [1.807, 2.05) is 25.1 Å². The molecule has 1 amide bonds. The standard InChI is InChI=1S/C15H28N2O2/c1-12(2)14-10-13(7-9-19-14)11-16-15(18)6-5-8-17(3)4/h5-6,12-14H,7-11H2,1-4H3,(H,16,18)/b6-5+. The van der Waals surface area contributed by atoms with E-state index in [1.54, 1.807) is 6.08 Å². The molecule has 1 saturated heterocycles. The van der Waals surface area contributed by atoms with Crippen LogP contribution in [-0.2, 0) is 9.53 Å². The number of amides is 1. The molecule has 19 heavy (non-hydrogen) atoms. The lowest BCUT2D eigenvalue weighted by atomic mass is 9.90. The molecule has 0 aliphatic carbocycles. The Labute approximate surface area is 117 Å². The van der Waals surface area contributed by atoms with Gasteiger partial charge in [0.25, 0.3) is 0 Å². The lowest BCUT2D eigenvalue weighted by Crippen LogP contribution is -2.36. The van der Waals surface area contributed by atoms with Crippen LogP contribution in [0.3, 0.4) is 0 Å². The second-order valence-electron chi connectivity index (χ2n) is 5.95. The summed E-state index contributed by atoms with van der Waals surface area (Å²) >= 11 is 0. The van der Waals surface area contributed by atoms with Crippen LogP contribution in [0.5, 0.6) is 0 Å². The van der Waals surface area contributed by atoms with Crippen LogP contribution in [-0.4, -0.2) is 50.7 Å². The molecule has 1 fully saturated rings. The Balaban J connectivity index is 2.24. The molecular weight excluding hydrogens is 240 g/mol. The fourth-order valence-corrected chi connectivity index (χ4v) is 2.22. The third kappa shape index (κ3) is 6.73. The molecule has 0 aromatic heterocycles. The second kappa shape index (κ2) is 8.33. The topological polar surface area (TPSA) is 41.6 Å². The molecule has 1 rings (SSSR count). The van der Waals surface area contributed by atoms with Crippen molar-refractivity contribution in [2.75, 3.05) is 33.8 Å². The van der Waals surface area contributed by atoms with Gasteiger partial charge in [-0.1, -0.05) is 19.9 Å². The molecule has 1 aliphatic heterocycles. The first-order valence-corrected chi connectivity index (χ1v) is 7.19. The highest BCUT2D eigenvalue weighted by Crippen LogP contribution is 2.24. The van der Waals surface area contributed by atoms with Crippen molar-refractivity contribution in [1.29, 1.82) is 0 Å². The fourth-order valence-electron chi connectivity index (χ4n) is 2.22. The summed E-state index contributed by atoms with van der Waals surface area (Å²) in [4.78, 5) is 13.7. The normalized spacial score (nSPS) is 24.3. The first-order valence-electron chi connectivity index (χ1n) is 7.19. The number of hydrogen-bond donors (Lipinski definition) is 1. The molecule has 0 aromatic rings. The van der Waals surface area contributed by atoms with Gasteiger partial charge in [0, 0.05) is 25.8 Å². The van der Waals surface area contributed by atoms with Crippen molar-refractivity contribution in [3.8, 4) is 0 Å². The van der Waals surface area contributed by atoms with Crippen molar-refractivity contribution >= 4 is 5.91 Å². The Hall–Kier alpha value is -0.870. The highest BCUT2D eigenvalue weighted by molar-refractivity contribution is 5.87. The molecule has 4 nitrogen and oxygen atoms in total. The largest absolute Gasteiger partial charge is 0.378 e. The molecule has 1 N–H and O–H groups in total. The minimum absolute atomic E-state index is 0.00874. The van der Waals surface area contributed by atoms with Crippen LogP contribution in [0.1, 0.15) is 26.7 Å². The van der Waals surface area contributed by atoms with Gasteiger partial charge < -0.3 is 15.0 Å². The van der Waals surface area contributed by atoms with Crippen molar-refractivity contribution in [3.63, 3.8) is 0 Å². The van der Waals surface area contributed by atoms with Gasteiger partial charge in [-0.3, -0.25) is 4.79 Å². The van der Waals surface area contributed by atoms with Crippen molar-refractivity contribution < 1.29 is 9.53 Å². The maximum absolute atomic E-state index is 11.6. The number of nitrogens with zero attached hydrogens (tertiary/aromatic N) is 1. The maximum Gasteiger partial charge on any atom is 0.243 e. The molecule has 0 saturated carbocycles. The van der Waals surface area contributed by atoms with Gasteiger partial charge in [-0.2, -0.15) is 0 Å². The predicted octanol–water partition coefficient (Wildman–Crippen LogP) is 1.67. The Morgan fingerprint density at radius 2 is 2.21 bits per heavy atom. The summed E-state index contributed by atoms with van der Waals surface area (Å²) in [6, 6.07) is 0. The van der Waals surface area contributed by atoms with Crippen LogP contribution in [0.2, 0.25) is 0 Å². The van der Waals surface area contributed by atoms with E-state index in [1.165, 1.54) is 0 Å². The average Bonchev–Trinajstić information content (AvgIpc) is 2.36. The molecule has 0 bridgehead atoms. The second-order valence-corrected chi connectivity index (χ2v) is 5.95. The monoisotopic (exact) mass is 268 g/mol. The lowest BCUT2D eigenvalue weighted by Gasteiger charge is -2.31. The van der Waals surface area contributed by atoms with E-state index in [0.717, 1.165) is 32.5 Å². The average molecular weight is 268 g/mol. The van der Waals surface area contributed by atoms with Crippen molar-refractivity contribution in [2.24, 2.45) is 11.8 Å². The number of carbonyl (C=O) groups is 1. The minimum atomic E-state index is 0.00874. The number of hydrogen-bond acceptors (Lipinski definition) is 3. The molecule has 4 heteroatoms. The summed E-state index contributed by atoms with van der Waals surface area (Å²) < 4.78 is 5.74. The minimum Gasteiger partial charge on any atom is -0.378 e. The van der Waals surface area contributed by atoms with Gasteiger partial charge in [0.05, 0.1) is 6.10 Å². The Bertz CT molecular complexity index is 301. The van der Waals surface area contributed by atoms with Crippen LogP contribution < -0.4 is 5.32 Å². The van der Waals surface area contributed by atoms with Crippen molar-refractivity contribution in [3.05, 3.63) is 12.2 Å². The van der Waals surface area contributed by atoms with E-state index in [0.29, 0.717) is 17.9 Å². The molecule has 2 atom stereocenters. The zero-order valence-corrected chi connectivity index (χ0v) is 12.7. The first kappa shape index (κ1) is 16.2. The summed E-state index contributed by atoms with van der Waals surface area (Å²) in [6.45, 7) is 6.75. The highest BCUT2D eigenvalue weighted by atomic mass is 16.5. The van der Waals surface area contributed by atoms with E-state index in [4.69, 9.17) is 4.74 Å². The van der Waals surface area contributed by atoms with E-state index >= 15 is 0 Å². The SMILES string of the molecule is CC(C)C1CC(CNC(=O)/C=C/CN(C)C)CCO1. The summed E-state index contributed by atoms with van der Waals surface area (Å²) in [5.41, 5.74) is 0. The lowest BCUT2D eigenvalue weighted by molar-refractivity contribution is -0.117. The quantitative estimate of drug-likeness (QED) is 0.745. The number of likely N-dealkylation sites (N-methyl/N-ethyl adjacent to an activating group) is 1. The van der Waals surface area contributed by atoms with Gasteiger partial charge in [0.1, 0.15) is 0 Å². The van der Waals surface area contributed by atoms with Gasteiger partial charge in [0.15, 0.2) is 0 Å². The van der Waals surface area contributed by atoms with E-state index in [-0.39, 0.29) is 5.91 Å². The number of carbonyl (C=O) groups excluding carboxylic acids is 1. The molecular formula is C15H28N2O2. The molecule has 1 aliphatic rings. The van der Waals surface area contributed by atoms with E-state index < -0.39 is 0 Å². The van der Waals surface area contributed by atoms with Crippen LogP contribution in [0.4, 0.5) is 0 Å². The van der Waals surface area contributed by atoms with E-state index in [2.05, 4.69) is 19.2 Å². The number of rotatable bonds is 6. The Kier molecular flexibility index (Phi) is 7.10. The molecule has 0 radical (unpaired) electrons. The number of nitrogens with one attached hydrogen (secondary N) is 1. The van der Waals surface area contributed by atoms with Crippen LogP contribution in [0, 0.1) is 11.8 Å². The van der Waals surface area contributed by atoms with Gasteiger partial charge >= 0.3 is 0 Å². The van der Waals surface area contributed by atoms with Crippen LogP contribution in [0.25, 0.3) is 0 Å². The Morgan fingerprint density at radius 1 is 1.47 bits per heavy atom. The van der Waals surface area contributed by atoms with Gasteiger partial charge in [-0.15, -0.1) is 0 Å². The molecule has 110 valence electrons. The summed E-state index contributed by atoms with van der Waals surface area (Å²) in [7, 11) is 3.96. The Morgan fingerprint density at radius 3 is 2.84 bits per heavy atom. The van der Waals surface area contributed by atoms with Crippen LogP contribution in [0.15, 0.2) is 12.2 Å². The van der Waals surface area contributed by atoms with E-state index in [9.17, 15) is 4.79 Å². The van der Waals surface area contributed by atoms with Crippen molar-refractivity contribution in [2.45, 2.75) is 32.8 Å². The zero-order valence-electron chi connectivity index (χ0n) is 12.7. The smallest absolute Gasteiger partial charge is 0.243 e. The van der Waals surface area contributed by atoms with Crippen LogP contribution >= 0.6 is 0 Å². The zero-order chi connectivity index (χ0) is 14.3. The summed E-state index contributed by atoms with van der Waals surface area (Å²) in [6.07, 6.45) is 5.96. The third-order valence-corrected chi connectivity index (χ3v) is 3.47. The molecule has 0 spiro atoms. The van der Waals surface area contributed by atoms with Gasteiger partial charge in [-0.05, 0) is 38.8 Å². The first-order chi connectivity index (χ1) is 8.99. The maximum atomic E-state index is 11.6. The van der Waals surface area contributed by atoms with Gasteiger partial charge in [-0.25, -0.2) is 0 Å². The molecule has 2 unspecified atom stereocenters. The van der Waals surface area contributed by atoms with Gasteiger partial charge in [0.2, 0.25) is 5.91 Å². The predicted molar refractivity (Wildman–Crippen MR) is 78.0 cm³/mol. The molecule has 1 heterocycles.